The molecule has 0 amide bonds. The number of hydrogen-bond acceptors (Lipinski definition) is 7. The number of aromatic carboxylic acids is 1. The molecule has 9 heteroatoms. The summed E-state index contributed by atoms with van der Waals surface area (Å²) >= 11 is 0. The van der Waals surface area contributed by atoms with E-state index in [9.17, 15) is 18.3 Å². The highest BCUT2D eigenvalue weighted by Crippen LogP contribution is 2.33. The molecule has 0 radical (unpaired) electrons. The minimum absolute atomic E-state index is 0.0343. The monoisotopic (exact) mass is 539 g/mol. The molecule has 2 heterocycles. The number of hydrogen-bond donors (Lipinski definition) is 2. The molecule has 0 aliphatic carbocycles. The molecule has 1 unspecified atom stereocenters. The van der Waals surface area contributed by atoms with Gasteiger partial charge in [-0.05, 0) is 53.9 Å². The van der Waals surface area contributed by atoms with E-state index in [2.05, 4.69) is 10.3 Å². The van der Waals surface area contributed by atoms with Gasteiger partial charge in [0.2, 0.25) is 9.84 Å². The highest BCUT2D eigenvalue weighted by Gasteiger charge is 2.31. The molecular weight excluding hydrogens is 514 g/mol. The molecule has 196 valence electrons. The Bertz CT molecular complexity index is 1730. The molecule has 0 fully saturated rings. The molecular formula is C30H25N3O5S. The van der Waals surface area contributed by atoms with Crippen LogP contribution >= 0.6 is 0 Å². The maximum Gasteiger partial charge on any atom is 0.339 e. The van der Waals surface area contributed by atoms with E-state index in [1.165, 1.54) is 37.7 Å². The van der Waals surface area contributed by atoms with E-state index in [4.69, 9.17) is 9.72 Å². The number of carboxylic acids is 1. The first-order valence-electron chi connectivity index (χ1n) is 12.1. The third-order valence-corrected chi connectivity index (χ3v) is 8.29. The molecule has 0 saturated heterocycles. The standard InChI is InChI=1S/C30H25N3O5S/c1-38-24-12-14-25(15-13-24)39(36,37)29(23-11-6-16-31-19-23)33-28-26(30(34)35)18-22-10-5-9-21(27(22)32-28)17-20-7-3-2-4-8-20/h2-16,18-19,29H,17H2,1H3,(H,32,33)(H,34,35). The molecule has 5 aromatic rings. The predicted molar refractivity (Wildman–Crippen MR) is 149 cm³/mol. The average Bonchev–Trinajstić information content (AvgIpc) is 2.96. The van der Waals surface area contributed by atoms with Crippen molar-refractivity contribution in [3.8, 4) is 5.75 Å². The van der Waals surface area contributed by atoms with E-state index >= 15 is 0 Å². The lowest BCUT2D eigenvalue weighted by Crippen LogP contribution is -2.24. The van der Waals surface area contributed by atoms with Crippen LogP contribution in [0, 0.1) is 0 Å². The van der Waals surface area contributed by atoms with Crippen molar-refractivity contribution in [1.82, 2.24) is 9.97 Å². The van der Waals surface area contributed by atoms with Crippen LogP contribution < -0.4 is 10.1 Å². The summed E-state index contributed by atoms with van der Waals surface area (Å²) in [7, 11) is -2.58. The number of methoxy groups -OCH3 is 1. The lowest BCUT2D eigenvalue weighted by atomic mass is 10.0. The van der Waals surface area contributed by atoms with Gasteiger partial charge in [-0.1, -0.05) is 54.6 Å². The van der Waals surface area contributed by atoms with Crippen LogP contribution in [0.2, 0.25) is 0 Å². The minimum atomic E-state index is -4.07. The second kappa shape index (κ2) is 10.9. The first-order chi connectivity index (χ1) is 18.9. The minimum Gasteiger partial charge on any atom is -0.497 e. The number of nitrogens with one attached hydrogen (secondary N) is 1. The number of sulfone groups is 1. The number of carbonyl (C=O) groups is 1. The van der Waals surface area contributed by atoms with E-state index in [1.807, 2.05) is 42.5 Å². The highest BCUT2D eigenvalue weighted by atomic mass is 32.2. The predicted octanol–water partition coefficient (Wildman–Crippen LogP) is 5.51. The van der Waals surface area contributed by atoms with Crippen LogP contribution in [0.1, 0.15) is 32.4 Å². The van der Waals surface area contributed by atoms with E-state index in [1.54, 1.807) is 30.3 Å². The number of nitrogens with zero attached hydrogens (tertiary/aromatic N) is 2. The van der Waals surface area contributed by atoms with Crippen LogP contribution in [-0.2, 0) is 16.3 Å². The number of benzene rings is 3. The molecule has 8 nitrogen and oxygen atoms in total. The van der Waals surface area contributed by atoms with Crippen LogP contribution in [0.3, 0.4) is 0 Å². The maximum atomic E-state index is 13.9. The first-order valence-corrected chi connectivity index (χ1v) is 13.7. The van der Waals surface area contributed by atoms with Gasteiger partial charge in [0.25, 0.3) is 0 Å². The molecule has 1 atom stereocenters. The van der Waals surface area contributed by atoms with Crippen molar-refractivity contribution in [2.75, 3.05) is 12.4 Å². The van der Waals surface area contributed by atoms with Crippen molar-refractivity contribution in [3.05, 3.63) is 126 Å². The molecule has 3 aromatic carbocycles. The Morgan fingerprint density at radius 3 is 2.41 bits per heavy atom. The zero-order chi connectivity index (χ0) is 27.4. The van der Waals surface area contributed by atoms with E-state index in [-0.39, 0.29) is 16.3 Å². The molecule has 39 heavy (non-hydrogen) atoms. The fourth-order valence-corrected chi connectivity index (χ4v) is 5.94. The first kappa shape index (κ1) is 25.9. The van der Waals surface area contributed by atoms with Gasteiger partial charge in [-0.15, -0.1) is 0 Å². The fraction of sp³-hybridized carbons (Fsp3) is 0.100. The van der Waals surface area contributed by atoms with Crippen LogP contribution in [-0.4, -0.2) is 36.6 Å². The van der Waals surface area contributed by atoms with Gasteiger partial charge in [0.05, 0.1) is 17.5 Å². The smallest absolute Gasteiger partial charge is 0.339 e. The van der Waals surface area contributed by atoms with Gasteiger partial charge < -0.3 is 15.2 Å². The van der Waals surface area contributed by atoms with Crippen molar-refractivity contribution >= 4 is 32.5 Å². The number of aromatic nitrogens is 2. The summed E-state index contributed by atoms with van der Waals surface area (Å²) in [5.41, 5.74) is 2.73. The van der Waals surface area contributed by atoms with Crippen LogP contribution in [0.15, 0.2) is 108 Å². The largest absolute Gasteiger partial charge is 0.497 e. The number of rotatable bonds is 9. The van der Waals surface area contributed by atoms with Crippen molar-refractivity contribution < 1.29 is 23.1 Å². The summed E-state index contributed by atoms with van der Waals surface area (Å²) in [6.07, 6.45) is 3.54. The topological polar surface area (TPSA) is 118 Å². The lowest BCUT2D eigenvalue weighted by molar-refractivity contribution is 0.0697. The van der Waals surface area contributed by atoms with E-state index in [0.29, 0.717) is 28.6 Å². The molecule has 0 bridgehead atoms. The van der Waals surface area contributed by atoms with Gasteiger partial charge in [-0.2, -0.15) is 0 Å². The average molecular weight is 540 g/mol. The Hall–Kier alpha value is -4.76. The second-order valence-corrected chi connectivity index (χ2v) is 10.9. The number of para-hydroxylation sites is 1. The number of anilines is 1. The molecule has 5 rings (SSSR count). The summed E-state index contributed by atoms with van der Waals surface area (Å²) in [5.74, 6) is -0.774. The van der Waals surface area contributed by atoms with Gasteiger partial charge in [0.1, 0.15) is 17.1 Å². The van der Waals surface area contributed by atoms with Crippen molar-refractivity contribution in [1.29, 1.82) is 0 Å². The zero-order valence-electron chi connectivity index (χ0n) is 21.0. The molecule has 2 aromatic heterocycles. The van der Waals surface area contributed by atoms with Crippen molar-refractivity contribution in [2.45, 2.75) is 16.7 Å². The maximum absolute atomic E-state index is 13.9. The van der Waals surface area contributed by atoms with Gasteiger partial charge in [-0.3, -0.25) is 4.98 Å². The zero-order valence-corrected chi connectivity index (χ0v) is 21.8. The summed E-state index contributed by atoms with van der Waals surface area (Å²) in [5, 5.41) is 12.3. The fourth-order valence-electron chi connectivity index (χ4n) is 4.39. The number of carboxylic acid groups (broad SMARTS) is 1. The number of fused-ring (bicyclic) bond motifs is 1. The third kappa shape index (κ3) is 5.44. The van der Waals surface area contributed by atoms with Gasteiger partial charge in [0.15, 0.2) is 5.37 Å². The Morgan fingerprint density at radius 2 is 1.74 bits per heavy atom. The molecule has 0 spiro atoms. The molecule has 0 aliphatic heterocycles. The van der Waals surface area contributed by atoms with Crippen molar-refractivity contribution in [3.63, 3.8) is 0 Å². The Kier molecular flexibility index (Phi) is 7.25. The molecule has 2 N–H and O–H groups in total. The summed E-state index contributed by atoms with van der Waals surface area (Å²) in [6.45, 7) is 0. The van der Waals surface area contributed by atoms with Gasteiger partial charge in [0, 0.05) is 23.3 Å². The van der Waals surface area contributed by atoms with Gasteiger partial charge >= 0.3 is 5.97 Å². The van der Waals surface area contributed by atoms with Crippen LogP contribution in [0.25, 0.3) is 10.9 Å². The molecule has 0 aliphatic rings. The lowest BCUT2D eigenvalue weighted by Gasteiger charge is -2.22. The third-order valence-electron chi connectivity index (χ3n) is 6.35. The number of ether oxygens (including phenoxy) is 1. The SMILES string of the molecule is COc1ccc(S(=O)(=O)C(Nc2nc3c(Cc4ccccc4)cccc3cc2C(=O)O)c2cccnc2)cc1. The summed E-state index contributed by atoms with van der Waals surface area (Å²) < 4.78 is 32.9. The highest BCUT2D eigenvalue weighted by molar-refractivity contribution is 7.91. The summed E-state index contributed by atoms with van der Waals surface area (Å²) in [4.78, 5) is 21.1. The molecule has 0 saturated carbocycles. The quantitative estimate of drug-likeness (QED) is 0.252. The Labute approximate surface area is 225 Å². The van der Waals surface area contributed by atoms with Crippen LogP contribution in [0.5, 0.6) is 5.75 Å². The summed E-state index contributed by atoms with van der Waals surface area (Å²) in [6, 6.07) is 26.2. The normalized spacial score (nSPS) is 12.1. The Morgan fingerprint density at radius 1 is 0.974 bits per heavy atom. The Balaban J connectivity index is 1.64. The van der Waals surface area contributed by atoms with Gasteiger partial charge in [-0.25, -0.2) is 18.2 Å². The van der Waals surface area contributed by atoms with E-state index in [0.717, 1.165) is 11.1 Å². The number of pyridine rings is 2. The second-order valence-electron chi connectivity index (χ2n) is 8.87. The van der Waals surface area contributed by atoms with Crippen LogP contribution in [0.4, 0.5) is 5.82 Å². The van der Waals surface area contributed by atoms with E-state index < -0.39 is 21.2 Å². The van der Waals surface area contributed by atoms with Crippen molar-refractivity contribution in [2.24, 2.45) is 0 Å².